The highest BCUT2D eigenvalue weighted by Crippen LogP contribution is 2.40. The molecular formula is C33H32N2O. The fourth-order valence-corrected chi connectivity index (χ4v) is 5.47. The predicted octanol–water partition coefficient (Wildman–Crippen LogP) is 8.27. The highest BCUT2D eigenvalue weighted by molar-refractivity contribution is 6.27. The van der Waals surface area contributed by atoms with Crippen molar-refractivity contribution in [2.45, 2.75) is 57.3 Å². The van der Waals surface area contributed by atoms with Crippen molar-refractivity contribution < 1.29 is 4.79 Å². The molecule has 2 unspecified atom stereocenters. The lowest BCUT2D eigenvalue weighted by atomic mass is 9.83. The summed E-state index contributed by atoms with van der Waals surface area (Å²) in [7, 11) is 0. The lowest BCUT2D eigenvalue weighted by Gasteiger charge is -2.21. The number of hydrogen-bond acceptors (Lipinski definition) is 3. The zero-order chi connectivity index (χ0) is 25.2. The van der Waals surface area contributed by atoms with E-state index in [0.29, 0.717) is 28.2 Å². The van der Waals surface area contributed by atoms with E-state index >= 15 is 0 Å². The van der Waals surface area contributed by atoms with Crippen LogP contribution in [0.5, 0.6) is 0 Å². The molecule has 3 heteroatoms. The van der Waals surface area contributed by atoms with Crippen molar-refractivity contribution in [1.82, 2.24) is 0 Å². The minimum atomic E-state index is -0.0655. The van der Waals surface area contributed by atoms with Gasteiger partial charge in [0.15, 0.2) is 5.78 Å². The molecule has 3 nitrogen and oxygen atoms in total. The zero-order valence-electron chi connectivity index (χ0n) is 20.7. The third-order valence-corrected chi connectivity index (χ3v) is 7.30. The third kappa shape index (κ3) is 5.99. The Balaban J connectivity index is 1.59. The second kappa shape index (κ2) is 12.7. The van der Waals surface area contributed by atoms with E-state index < -0.39 is 0 Å². The van der Waals surface area contributed by atoms with Crippen molar-refractivity contribution in [2.24, 2.45) is 5.92 Å². The lowest BCUT2D eigenvalue weighted by Crippen LogP contribution is -2.07. The molecule has 0 saturated heterocycles. The minimum Gasteiger partial charge on any atom is -0.289 e. The second-order valence-electron chi connectivity index (χ2n) is 9.64. The molecule has 0 aromatic heterocycles. The van der Waals surface area contributed by atoms with E-state index in [-0.39, 0.29) is 17.3 Å². The van der Waals surface area contributed by atoms with Gasteiger partial charge in [0.1, 0.15) is 17.7 Å². The molecule has 180 valence electrons. The number of nitrogens with zero attached hydrogens (tertiary/aromatic N) is 2. The maximum atomic E-state index is 13.3. The Morgan fingerprint density at radius 2 is 1.25 bits per heavy atom. The third-order valence-electron chi connectivity index (χ3n) is 7.30. The average Bonchev–Trinajstić information content (AvgIpc) is 3.18. The van der Waals surface area contributed by atoms with Crippen LogP contribution in [0.25, 0.3) is 5.57 Å². The number of fused-ring (bicyclic) bond motifs is 1. The summed E-state index contributed by atoms with van der Waals surface area (Å²) in [6.07, 6.45) is 11.0. The molecule has 0 amide bonds. The van der Waals surface area contributed by atoms with Crippen LogP contribution in [-0.2, 0) is 0 Å². The number of carbonyl (C=O) groups is 1. The van der Waals surface area contributed by atoms with Crippen molar-refractivity contribution in [3.63, 3.8) is 0 Å². The van der Waals surface area contributed by atoms with Gasteiger partial charge in [0.05, 0.1) is 0 Å². The molecule has 2 aliphatic rings. The molecule has 0 N–H and O–H groups in total. The molecular weight excluding hydrogens is 440 g/mol. The maximum Gasteiger partial charge on any atom is 0.194 e. The molecule has 1 fully saturated rings. The van der Waals surface area contributed by atoms with E-state index in [9.17, 15) is 15.3 Å². The standard InChI is InChI=1S/C33H32N2O/c34-23-28(24-35)32-29-20-11-12-21-30(29)33(36)31(32)22-25-14-7-6-10-18-27(19-13-15-25)26-16-8-4-2-1-3-5-9-17-26/h1-5,8-9,11-12,16-17,20-22,25,27H,6-7,10,13-15,18-19H2/b2-1?,3-1?,4-2?,5-3?,8-4?,9-5?,16-8?,17-9?,26-16?,26-17?,31-22-. The topological polar surface area (TPSA) is 64.7 Å². The fourth-order valence-electron chi connectivity index (χ4n) is 5.47. The van der Waals surface area contributed by atoms with Crippen molar-refractivity contribution in [3.05, 3.63) is 113 Å². The number of rotatable bonds is 2. The maximum absolute atomic E-state index is 13.3. The van der Waals surface area contributed by atoms with Crippen molar-refractivity contribution in [3.8, 4) is 12.1 Å². The summed E-state index contributed by atoms with van der Waals surface area (Å²) in [5, 5.41) is 19.2. The summed E-state index contributed by atoms with van der Waals surface area (Å²) in [5.74, 6) is 0.710. The van der Waals surface area contributed by atoms with Crippen LogP contribution in [0.1, 0.15) is 78.8 Å². The van der Waals surface area contributed by atoms with Crippen LogP contribution in [0.3, 0.4) is 0 Å². The molecule has 2 aromatic carbocycles. The van der Waals surface area contributed by atoms with Crippen LogP contribution < -0.4 is 0 Å². The molecule has 0 aliphatic heterocycles. The molecule has 2 aromatic rings. The van der Waals surface area contributed by atoms with Gasteiger partial charge in [-0.15, -0.1) is 0 Å². The zero-order valence-corrected chi connectivity index (χ0v) is 20.7. The first-order chi connectivity index (χ1) is 17.7. The van der Waals surface area contributed by atoms with Gasteiger partial charge in [-0.1, -0.05) is 111 Å². The van der Waals surface area contributed by atoms with Gasteiger partial charge in [0, 0.05) is 16.7 Å². The molecule has 4 rings (SSSR count). The van der Waals surface area contributed by atoms with Crippen molar-refractivity contribution >= 4 is 11.4 Å². The van der Waals surface area contributed by atoms with Crippen molar-refractivity contribution in [1.29, 1.82) is 10.5 Å². The van der Waals surface area contributed by atoms with Crippen LogP contribution in [0.2, 0.25) is 0 Å². The smallest absolute Gasteiger partial charge is 0.194 e. The van der Waals surface area contributed by atoms with Crippen LogP contribution >= 0.6 is 0 Å². The number of hydrogen-bond donors (Lipinski definition) is 0. The molecule has 0 heterocycles. The highest BCUT2D eigenvalue weighted by atomic mass is 16.1. The molecule has 0 bridgehead atoms. The number of carbonyl (C=O) groups excluding carboxylic acids is 1. The second-order valence-corrected chi connectivity index (χ2v) is 9.64. The molecule has 2 aliphatic carbocycles. The van der Waals surface area contributed by atoms with Gasteiger partial charge in [-0.25, -0.2) is 0 Å². The lowest BCUT2D eigenvalue weighted by molar-refractivity contribution is 0.104. The van der Waals surface area contributed by atoms with Gasteiger partial charge in [-0.3, -0.25) is 4.79 Å². The van der Waals surface area contributed by atoms with E-state index in [2.05, 4.69) is 42.5 Å². The van der Waals surface area contributed by atoms with E-state index in [1.165, 1.54) is 24.8 Å². The van der Waals surface area contributed by atoms with Crippen LogP contribution in [0.4, 0.5) is 0 Å². The first kappa shape index (κ1) is 25.2. The highest BCUT2D eigenvalue weighted by Gasteiger charge is 2.32. The molecule has 2 atom stereocenters. The van der Waals surface area contributed by atoms with E-state index in [4.69, 9.17) is 0 Å². The number of nitriles is 2. The molecule has 0 spiro atoms. The summed E-state index contributed by atoms with van der Waals surface area (Å²) in [6.45, 7) is 0. The van der Waals surface area contributed by atoms with E-state index in [1.54, 1.807) is 6.07 Å². The largest absolute Gasteiger partial charge is 0.289 e. The molecule has 1 saturated carbocycles. The summed E-state index contributed by atoms with van der Waals surface area (Å²) in [6, 6.07) is 30.4. The quantitative estimate of drug-likeness (QED) is 0.326. The van der Waals surface area contributed by atoms with Crippen LogP contribution in [-0.4, -0.2) is 5.78 Å². The van der Waals surface area contributed by atoms with E-state index in [1.807, 2.05) is 48.5 Å². The Bertz CT molecular complexity index is 1260. The number of benzene rings is 1. The minimum absolute atomic E-state index is 0.0196. The summed E-state index contributed by atoms with van der Waals surface area (Å²) in [5.41, 5.74) is 3.75. The Labute approximate surface area is 214 Å². The fraction of sp³-hybridized carbons (Fsp3) is 0.303. The van der Waals surface area contributed by atoms with Crippen LogP contribution in [0, 0.1) is 28.6 Å². The number of Topliss-reactive ketones (excluding diaryl/α,β-unsaturated/α-hetero) is 1. The Morgan fingerprint density at radius 1 is 0.694 bits per heavy atom. The Hall–Kier alpha value is -3.95. The summed E-state index contributed by atoms with van der Waals surface area (Å²) < 4.78 is 0. The van der Waals surface area contributed by atoms with Crippen molar-refractivity contribution in [2.75, 3.05) is 0 Å². The SMILES string of the molecule is N#CC(C#N)=C1/C(=C/C2CCCCCC(c3ccccccccc3)CCC2)C(=O)c2ccccc21. The van der Waals surface area contributed by atoms with Crippen LogP contribution in [0.15, 0.2) is 96.1 Å². The van der Waals surface area contributed by atoms with Gasteiger partial charge >= 0.3 is 0 Å². The first-order valence-electron chi connectivity index (χ1n) is 13.0. The Kier molecular flexibility index (Phi) is 8.85. The van der Waals surface area contributed by atoms with Gasteiger partial charge < -0.3 is 0 Å². The Morgan fingerprint density at radius 3 is 1.94 bits per heavy atom. The predicted molar refractivity (Wildman–Crippen MR) is 144 cm³/mol. The molecule has 36 heavy (non-hydrogen) atoms. The van der Waals surface area contributed by atoms with Gasteiger partial charge in [-0.2, -0.15) is 10.5 Å². The number of allylic oxidation sites excluding steroid dienone is 4. The van der Waals surface area contributed by atoms with Gasteiger partial charge in [-0.05, 0) is 48.6 Å². The van der Waals surface area contributed by atoms with E-state index in [0.717, 1.165) is 32.1 Å². The monoisotopic (exact) mass is 472 g/mol. The normalized spacial score (nSPS) is 21.0. The molecule has 0 radical (unpaired) electrons. The average molecular weight is 473 g/mol. The summed E-state index contributed by atoms with van der Waals surface area (Å²) >= 11 is 0. The first-order valence-corrected chi connectivity index (χ1v) is 13.0. The van der Waals surface area contributed by atoms with Gasteiger partial charge in [0.2, 0.25) is 0 Å². The summed E-state index contributed by atoms with van der Waals surface area (Å²) in [4.78, 5) is 13.3. The van der Waals surface area contributed by atoms with Gasteiger partial charge in [0.25, 0.3) is 0 Å². The number of ketones is 1.